The molecule has 0 aliphatic carbocycles. The van der Waals surface area contributed by atoms with Gasteiger partial charge in [-0.15, -0.1) is 15.2 Å². The molecule has 0 aliphatic heterocycles. The second-order valence-electron chi connectivity index (χ2n) is 9.17. The monoisotopic (exact) mass is 609 g/mol. The van der Waals surface area contributed by atoms with Gasteiger partial charge >= 0.3 is 5.97 Å². The van der Waals surface area contributed by atoms with E-state index in [4.69, 9.17) is 19.3 Å². The van der Waals surface area contributed by atoms with E-state index in [-0.39, 0.29) is 68.9 Å². The summed E-state index contributed by atoms with van der Waals surface area (Å²) in [5.74, 6) is -0.888. The third-order valence-electron chi connectivity index (χ3n) is 5.88. The maximum atomic E-state index is 15.0. The van der Waals surface area contributed by atoms with E-state index in [1.165, 1.54) is 16.8 Å². The van der Waals surface area contributed by atoms with Crippen LogP contribution in [0.1, 0.15) is 41.2 Å². The lowest BCUT2D eigenvalue weighted by Gasteiger charge is -2.10. The maximum absolute atomic E-state index is 15.0. The van der Waals surface area contributed by atoms with Crippen LogP contribution in [0.3, 0.4) is 0 Å². The highest BCUT2D eigenvalue weighted by Crippen LogP contribution is 2.22. The molecular formula is C26H32FN5O9S. The van der Waals surface area contributed by atoms with Crippen LogP contribution in [0, 0.1) is 29.8 Å². The molecule has 0 bridgehead atoms. The van der Waals surface area contributed by atoms with Crippen LogP contribution < -0.4 is 5.14 Å². The van der Waals surface area contributed by atoms with Crippen molar-refractivity contribution in [3.8, 4) is 5.69 Å². The van der Waals surface area contributed by atoms with Gasteiger partial charge in [-0.05, 0) is 49.6 Å². The Morgan fingerprint density at radius 1 is 1.07 bits per heavy atom. The third kappa shape index (κ3) is 10.1. The maximum Gasteiger partial charge on any atom is 0.306 e. The van der Waals surface area contributed by atoms with Crippen LogP contribution >= 0.6 is 0 Å². The summed E-state index contributed by atoms with van der Waals surface area (Å²) in [6.45, 7) is 4.24. The number of hydrogen-bond donors (Lipinski definition) is 1. The van der Waals surface area contributed by atoms with Gasteiger partial charge in [0, 0.05) is 19.4 Å². The zero-order valence-electron chi connectivity index (χ0n) is 23.2. The summed E-state index contributed by atoms with van der Waals surface area (Å²) in [5.41, 5.74) is 2.91. The summed E-state index contributed by atoms with van der Waals surface area (Å²) in [7, 11) is -4.11. The molecule has 2 aromatic carbocycles. The minimum Gasteiger partial charge on any atom is -0.457 e. The van der Waals surface area contributed by atoms with Crippen LogP contribution in [0.5, 0.6) is 0 Å². The van der Waals surface area contributed by atoms with Crippen LogP contribution in [0.2, 0.25) is 0 Å². The highest BCUT2D eigenvalue weighted by atomic mass is 32.2. The molecule has 42 heavy (non-hydrogen) atoms. The average Bonchev–Trinajstić information content (AvgIpc) is 3.32. The molecule has 2 N–H and O–H groups in total. The molecule has 3 aromatic rings. The number of hydrogen-bond acceptors (Lipinski definition) is 11. The first-order valence-corrected chi connectivity index (χ1v) is 14.4. The SMILES string of the molecule is Cc1ccc(C)c(Cc2nc(COC(=O)CCCOCCOCCO[N+](=O)[O-])nn2-c2ccc(S(N)(=O)=O)cc2F)c1. The number of rotatable bonds is 17. The molecule has 16 heteroatoms. The fraction of sp³-hybridized carbons (Fsp3) is 0.423. The molecule has 0 spiro atoms. The number of aryl methyl sites for hydroxylation is 2. The fourth-order valence-electron chi connectivity index (χ4n) is 3.79. The molecule has 0 unspecified atom stereocenters. The highest BCUT2D eigenvalue weighted by Gasteiger charge is 2.19. The van der Waals surface area contributed by atoms with Crippen LogP contribution in [0.25, 0.3) is 5.69 Å². The number of nitrogens with two attached hydrogens (primary N) is 1. The Kier molecular flexibility index (Phi) is 11.8. The smallest absolute Gasteiger partial charge is 0.306 e. The minimum absolute atomic E-state index is 0.0424. The van der Waals surface area contributed by atoms with Gasteiger partial charge in [0.1, 0.15) is 23.9 Å². The molecule has 3 rings (SSSR count). The molecule has 0 fully saturated rings. The lowest BCUT2D eigenvalue weighted by Crippen LogP contribution is -2.13. The predicted molar refractivity (Wildman–Crippen MR) is 145 cm³/mol. The Hall–Kier alpha value is -3.99. The number of benzene rings is 2. The first-order chi connectivity index (χ1) is 19.9. The molecule has 0 saturated carbocycles. The van der Waals surface area contributed by atoms with Crippen molar-refractivity contribution in [2.24, 2.45) is 5.14 Å². The third-order valence-corrected chi connectivity index (χ3v) is 6.79. The number of primary sulfonamides is 1. The minimum atomic E-state index is -4.11. The van der Waals surface area contributed by atoms with Crippen molar-refractivity contribution in [2.45, 2.75) is 44.6 Å². The molecular weight excluding hydrogens is 577 g/mol. The highest BCUT2D eigenvalue weighted by molar-refractivity contribution is 7.89. The van der Waals surface area contributed by atoms with Crippen molar-refractivity contribution in [1.82, 2.24) is 14.8 Å². The van der Waals surface area contributed by atoms with Crippen LogP contribution in [-0.2, 0) is 46.9 Å². The number of carbonyl (C=O) groups excluding carboxylic acids is 1. The van der Waals surface area contributed by atoms with Gasteiger partial charge in [-0.3, -0.25) is 4.79 Å². The lowest BCUT2D eigenvalue weighted by molar-refractivity contribution is -0.758. The number of aromatic nitrogens is 3. The second kappa shape index (κ2) is 15.3. The molecule has 14 nitrogen and oxygen atoms in total. The van der Waals surface area contributed by atoms with Crippen molar-refractivity contribution in [2.75, 3.05) is 33.0 Å². The molecule has 0 radical (unpaired) electrons. The lowest BCUT2D eigenvalue weighted by atomic mass is 10.0. The molecule has 0 saturated heterocycles. The Balaban J connectivity index is 1.60. The quantitative estimate of drug-likeness (QED) is 0.102. The van der Waals surface area contributed by atoms with Crippen molar-refractivity contribution >= 4 is 16.0 Å². The first kappa shape index (κ1) is 32.5. The summed E-state index contributed by atoms with van der Waals surface area (Å²) < 4.78 is 55.3. The van der Waals surface area contributed by atoms with Crippen molar-refractivity contribution in [3.63, 3.8) is 0 Å². The van der Waals surface area contributed by atoms with Gasteiger partial charge in [-0.25, -0.2) is 27.6 Å². The second-order valence-corrected chi connectivity index (χ2v) is 10.7. The number of nitrogens with zero attached hydrogens (tertiary/aromatic N) is 4. The van der Waals surface area contributed by atoms with Crippen LogP contribution in [-0.4, -0.2) is 67.3 Å². The van der Waals surface area contributed by atoms with Gasteiger partial charge in [-0.2, -0.15) is 0 Å². The van der Waals surface area contributed by atoms with Gasteiger partial charge in [-0.1, -0.05) is 23.8 Å². The number of sulfonamides is 1. The summed E-state index contributed by atoms with van der Waals surface area (Å²) in [6, 6.07) is 9.14. The molecule has 0 atom stereocenters. The van der Waals surface area contributed by atoms with Crippen molar-refractivity contribution < 1.29 is 41.7 Å². The van der Waals surface area contributed by atoms with E-state index >= 15 is 4.39 Å². The zero-order valence-corrected chi connectivity index (χ0v) is 24.0. The van der Waals surface area contributed by atoms with E-state index < -0.39 is 26.9 Å². The number of ether oxygens (including phenoxy) is 3. The Morgan fingerprint density at radius 2 is 1.79 bits per heavy atom. The van der Waals surface area contributed by atoms with Crippen LogP contribution in [0.4, 0.5) is 4.39 Å². The van der Waals surface area contributed by atoms with Crippen LogP contribution in [0.15, 0.2) is 41.3 Å². The molecule has 0 amide bonds. The predicted octanol–water partition coefficient (Wildman–Crippen LogP) is 2.33. The molecule has 0 aliphatic rings. The standard InChI is InChI=1S/C26H32FN5O9S/c1-18-5-6-19(2)20(14-18)15-25-29-24(30-31(25)23-8-7-21(16-22(23)27)42(28,36)37)17-40-26(33)4-3-9-38-10-11-39-12-13-41-32(34)35/h5-8,14,16H,3-4,9-13,15,17H2,1-2H3,(H2,28,36,37). The van der Waals surface area contributed by atoms with E-state index in [1.807, 2.05) is 32.0 Å². The van der Waals surface area contributed by atoms with Crippen molar-refractivity contribution in [1.29, 1.82) is 0 Å². The van der Waals surface area contributed by atoms with Gasteiger partial charge < -0.3 is 19.0 Å². The average molecular weight is 610 g/mol. The number of esters is 1. The Bertz CT molecular complexity index is 1500. The van der Waals surface area contributed by atoms with E-state index in [1.54, 1.807) is 0 Å². The zero-order chi connectivity index (χ0) is 30.7. The topological polar surface area (TPSA) is 188 Å². The van der Waals surface area contributed by atoms with E-state index in [2.05, 4.69) is 14.9 Å². The summed E-state index contributed by atoms with van der Waals surface area (Å²) >= 11 is 0. The molecule has 228 valence electrons. The van der Waals surface area contributed by atoms with Gasteiger partial charge in [0.25, 0.3) is 5.09 Å². The van der Waals surface area contributed by atoms with Gasteiger partial charge in [0.05, 0.1) is 24.7 Å². The molecule has 1 aromatic heterocycles. The Labute approximate surface area is 241 Å². The summed E-state index contributed by atoms with van der Waals surface area (Å²) in [5, 5.41) is 18.6. The van der Waals surface area contributed by atoms with E-state index in [0.717, 1.165) is 22.8 Å². The molecule has 1 heterocycles. The Morgan fingerprint density at radius 3 is 2.48 bits per heavy atom. The number of halogens is 1. The fourth-order valence-corrected chi connectivity index (χ4v) is 4.31. The van der Waals surface area contributed by atoms with E-state index in [0.29, 0.717) is 12.2 Å². The van der Waals surface area contributed by atoms with Crippen molar-refractivity contribution in [3.05, 3.63) is 80.7 Å². The number of carbonyl (C=O) groups is 1. The first-order valence-electron chi connectivity index (χ1n) is 12.9. The van der Waals surface area contributed by atoms with E-state index in [9.17, 15) is 23.3 Å². The summed E-state index contributed by atoms with van der Waals surface area (Å²) in [6.07, 6.45) is 0.733. The largest absolute Gasteiger partial charge is 0.457 e. The van der Waals surface area contributed by atoms with Gasteiger partial charge in [0.15, 0.2) is 12.4 Å². The normalized spacial score (nSPS) is 11.4. The van der Waals surface area contributed by atoms with Gasteiger partial charge in [0.2, 0.25) is 10.0 Å². The summed E-state index contributed by atoms with van der Waals surface area (Å²) in [4.78, 5) is 30.5.